The molecule has 1 aromatic carbocycles. The van der Waals surface area contributed by atoms with E-state index in [1.54, 1.807) is 6.08 Å². The molecule has 0 saturated heterocycles. The molecule has 0 saturated carbocycles. The maximum atomic E-state index is 11.7. The average Bonchev–Trinajstić information content (AvgIpc) is 2.29. The van der Waals surface area contributed by atoms with Crippen LogP contribution in [0.3, 0.4) is 0 Å². The Kier molecular flexibility index (Phi) is 4.57. The Hall–Kier alpha value is -1.61. The molecule has 1 rings (SSSR count). The van der Waals surface area contributed by atoms with Crippen molar-refractivity contribution in [2.45, 2.75) is 5.92 Å². The Morgan fingerprint density at radius 1 is 1.47 bits per heavy atom. The van der Waals surface area contributed by atoms with Crippen molar-refractivity contribution in [3.05, 3.63) is 48.6 Å². The molecule has 0 aliphatic heterocycles. The standard InChI is InChI=1S/C12H16N2O/c1-2-8-14-12(15)11(9-13)10-6-4-3-5-7-10/h2-7,11H,1,8-9,13H2,(H,14,15). The quantitative estimate of drug-likeness (QED) is 0.704. The van der Waals surface area contributed by atoms with Crippen LogP contribution in [0.4, 0.5) is 0 Å². The van der Waals surface area contributed by atoms with Crippen LogP contribution in [0.15, 0.2) is 43.0 Å². The molecule has 1 aromatic rings. The predicted octanol–water partition coefficient (Wildman–Crippen LogP) is 1.03. The molecular weight excluding hydrogens is 188 g/mol. The Balaban J connectivity index is 2.71. The van der Waals surface area contributed by atoms with Crippen molar-refractivity contribution >= 4 is 5.91 Å². The van der Waals surface area contributed by atoms with Crippen molar-refractivity contribution in [1.82, 2.24) is 5.32 Å². The summed E-state index contributed by atoms with van der Waals surface area (Å²) in [5.41, 5.74) is 6.54. The van der Waals surface area contributed by atoms with Crippen molar-refractivity contribution in [2.75, 3.05) is 13.1 Å². The van der Waals surface area contributed by atoms with Gasteiger partial charge < -0.3 is 11.1 Å². The molecule has 0 fully saturated rings. The summed E-state index contributed by atoms with van der Waals surface area (Å²) in [6, 6.07) is 9.53. The Bertz CT molecular complexity index is 322. The summed E-state index contributed by atoms with van der Waals surface area (Å²) >= 11 is 0. The maximum absolute atomic E-state index is 11.7. The Morgan fingerprint density at radius 2 is 2.13 bits per heavy atom. The zero-order valence-corrected chi connectivity index (χ0v) is 8.65. The van der Waals surface area contributed by atoms with E-state index in [0.717, 1.165) is 5.56 Å². The minimum atomic E-state index is -0.272. The molecule has 15 heavy (non-hydrogen) atoms. The molecule has 1 atom stereocenters. The second-order valence-electron chi connectivity index (χ2n) is 3.23. The van der Waals surface area contributed by atoms with Gasteiger partial charge in [0.2, 0.25) is 5.91 Å². The highest BCUT2D eigenvalue weighted by Gasteiger charge is 2.17. The average molecular weight is 204 g/mol. The van der Waals surface area contributed by atoms with Crippen LogP contribution in [0.2, 0.25) is 0 Å². The normalized spacial score (nSPS) is 11.8. The van der Waals surface area contributed by atoms with Crippen LogP contribution in [0.25, 0.3) is 0 Å². The van der Waals surface area contributed by atoms with E-state index in [4.69, 9.17) is 5.73 Å². The molecule has 3 heteroatoms. The van der Waals surface area contributed by atoms with Gasteiger partial charge in [-0.2, -0.15) is 0 Å². The number of rotatable bonds is 5. The first-order chi connectivity index (χ1) is 7.29. The van der Waals surface area contributed by atoms with E-state index in [-0.39, 0.29) is 11.8 Å². The lowest BCUT2D eigenvalue weighted by Crippen LogP contribution is -2.33. The fourth-order valence-corrected chi connectivity index (χ4v) is 1.38. The van der Waals surface area contributed by atoms with Gasteiger partial charge in [-0.05, 0) is 5.56 Å². The third kappa shape index (κ3) is 3.22. The summed E-state index contributed by atoms with van der Waals surface area (Å²) in [6.45, 7) is 4.33. The summed E-state index contributed by atoms with van der Waals surface area (Å²) < 4.78 is 0. The lowest BCUT2D eigenvalue weighted by Gasteiger charge is -2.14. The first-order valence-electron chi connectivity index (χ1n) is 4.93. The molecule has 3 N–H and O–H groups in total. The van der Waals surface area contributed by atoms with Gasteiger partial charge in [0.15, 0.2) is 0 Å². The molecule has 3 nitrogen and oxygen atoms in total. The molecule has 0 radical (unpaired) electrons. The summed E-state index contributed by atoms with van der Waals surface area (Å²) in [7, 11) is 0. The number of hydrogen-bond donors (Lipinski definition) is 2. The fraction of sp³-hybridized carbons (Fsp3) is 0.250. The fourth-order valence-electron chi connectivity index (χ4n) is 1.38. The second kappa shape index (κ2) is 5.98. The van der Waals surface area contributed by atoms with E-state index in [1.165, 1.54) is 0 Å². The second-order valence-corrected chi connectivity index (χ2v) is 3.23. The highest BCUT2D eigenvalue weighted by molar-refractivity contribution is 5.83. The SMILES string of the molecule is C=CCNC(=O)C(CN)c1ccccc1. The van der Waals surface area contributed by atoms with E-state index in [2.05, 4.69) is 11.9 Å². The van der Waals surface area contributed by atoms with Crippen molar-refractivity contribution < 1.29 is 4.79 Å². The zero-order valence-electron chi connectivity index (χ0n) is 8.65. The number of hydrogen-bond acceptors (Lipinski definition) is 2. The smallest absolute Gasteiger partial charge is 0.229 e. The maximum Gasteiger partial charge on any atom is 0.229 e. The number of amides is 1. The molecule has 80 valence electrons. The number of nitrogens with two attached hydrogens (primary N) is 1. The minimum absolute atomic E-state index is 0.0522. The van der Waals surface area contributed by atoms with Crippen LogP contribution < -0.4 is 11.1 Å². The van der Waals surface area contributed by atoms with Gasteiger partial charge in [-0.15, -0.1) is 6.58 Å². The van der Waals surface area contributed by atoms with Gasteiger partial charge in [-0.1, -0.05) is 36.4 Å². The van der Waals surface area contributed by atoms with Crippen LogP contribution in [0.5, 0.6) is 0 Å². The molecule has 1 amide bonds. The molecule has 1 unspecified atom stereocenters. The molecule has 0 aliphatic rings. The first kappa shape index (κ1) is 11.5. The van der Waals surface area contributed by atoms with Gasteiger partial charge in [-0.3, -0.25) is 4.79 Å². The molecule has 0 bridgehead atoms. The minimum Gasteiger partial charge on any atom is -0.352 e. The van der Waals surface area contributed by atoms with E-state index in [1.807, 2.05) is 30.3 Å². The number of benzene rings is 1. The number of carbonyl (C=O) groups excluding carboxylic acids is 1. The Morgan fingerprint density at radius 3 is 2.67 bits per heavy atom. The van der Waals surface area contributed by atoms with Crippen molar-refractivity contribution in [3.63, 3.8) is 0 Å². The Labute approximate surface area is 90.0 Å². The predicted molar refractivity (Wildman–Crippen MR) is 61.4 cm³/mol. The number of carbonyl (C=O) groups is 1. The van der Waals surface area contributed by atoms with Crippen LogP contribution in [-0.2, 0) is 4.79 Å². The zero-order chi connectivity index (χ0) is 11.1. The molecule has 0 spiro atoms. The number of nitrogens with one attached hydrogen (secondary N) is 1. The van der Waals surface area contributed by atoms with Crippen LogP contribution >= 0.6 is 0 Å². The highest BCUT2D eigenvalue weighted by Crippen LogP contribution is 2.13. The highest BCUT2D eigenvalue weighted by atomic mass is 16.1. The van der Waals surface area contributed by atoms with Gasteiger partial charge in [0.25, 0.3) is 0 Å². The first-order valence-corrected chi connectivity index (χ1v) is 4.93. The van der Waals surface area contributed by atoms with Crippen LogP contribution in [0, 0.1) is 0 Å². The lowest BCUT2D eigenvalue weighted by atomic mass is 9.98. The van der Waals surface area contributed by atoms with Crippen molar-refractivity contribution in [1.29, 1.82) is 0 Å². The molecule has 0 heterocycles. The van der Waals surface area contributed by atoms with E-state index < -0.39 is 0 Å². The molecule has 0 aromatic heterocycles. The summed E-state index contributed by atoms with van der Waals surface area (Å²) in [5, 5.41) is 2.74. The molecular formula is C12H16N2O. The van der Waals surface area contributed by atoms with Crippen LogP contribution in [0.1, 0.15) is 11.5 Å². The lowest BCUT2D eigenvalue weighted by molar-refractivity contribution is -0.122. The largest absolute Gasteiger partial charge is 0.352 e. The summed E-state index contributed by atoms with van der Waals surface area (Å²) in [5.74, 6) is -0.324. The van der Waals surface area contributed by atoms with Gasteiger partial charge in [0, 0.05) is 13.1 Å². The van der Waals surface area contributed by atoms with Crippen LogP contribution in [-0.4, -0.2) is 19.0 Å². The van der Waals surface area contributed by atoms with Crippen molar-refractivity contribution in [3.8, 4) is 0 Å². The summed E-state index contributed by atoms with van der Waals surface area (Å²) in [6.07, 6.45) is 1.65. The summed E-state index contributed by atoms with van der Waals surface area (Å²) in [4.78, 5) is 11.7. The van der Waals surface area contributed by atoms with Gasteiger partial charge in [-0.25, -0.2) is 0 Å². The third-order valence-corrected chi connectivity index (χ3v) is 2.17. The van der Waals surface area contributed by atoms with Gasteiger partial charge in [0.1, 0.15) is 0 Å². The topological polar surface area (TPSA) is 55.1 Å². The molecule has 0 aliphatic carbocycles. The monoisotopic (exact) mass is 204 g/mol. The van der Waals surface area contributed by atoms with Gasteiger partial charge in [0.05, 0.1) is 5.92 Å². The van der Waals surface area contributed by atoms with Crippen molar-refractivity contribution in [2.24, 2.45) is 5.73 Å². The van der Waals surface area contributed by atoms with Gasteiger partial charge >= 0.3 is 0 Å². The van der Waals surface area contributed by atoms with E-state index >= 15 is 0 Å². The third-order valence-electron chi connectivity index (χ3n) is 2.17. The van der Waals surface area contributed by atoms with E-state index in [0.29, 0.717) is 13.1 Å². The van der Waals surface area contributed by atoms with E-state index in [9.17, 15) is 4.79 Å².